The van der Waals surface area contributed by atoms with Crippen LogP contribution in [-0.2, 0) is 0 Å². The quantitative estimate of drug-likeness (QED) is 0.805. The molecule has 0 saturated heterocycles. The highest BCUT2D eigenvalue weighted by atomic mass is 19.1. The molecule has 1 rings (SSSR count). The summed E-state index contributed by atoms with van der Waals surface area (Å²) in [5.74, 6) is -0.382. The number of hydrogen-bond acceptors (Lipinski definition) is 2. The summed E-state index contributed by atoms with van der Waals surface area (Å²) in [6.45, 7) is 3.94. The molecule has 0 aromatic carbocycles. The van der Waals surface area contributed by atoms with E-state index in [0.29, 0.717) is 0 Å². The van der Waals surface area contributed by atoms with Crippen molar-refractivity contribution in [3.63, 3.8) is 0 Å². The molecule has 0 aliphatic rings. The highest BCUT2D eigenvalue weighted by Crippen LogP contribution is 2.25. The van der Waals surface area contributed by atoms with Crippen molar-refractivity contribution in [2.24, 2.45) is 5.92 Å². The minimum atomic E-state index is -0.795. The van der Waals surface area contributed by atoms with Gasteiger partial charge >= 0.3 is 0 Å². The molecule has 1 heterocycles. The Hall–Kier alpha value is -0.960. The molecule has 1 aromatic heterocycles. The van der Waals surface area contributed by atoms with Crippen LogP contribution in [0.25, 0.3) is 0 Å². The number of rotatable bonds is 4. The highest BCUT2D eigenvalue weighted by molar-refractivity contribution is 5.10. The summed E-state index contributed by atoms with van der Waals surface area (Å²) >= 11 is 0. The van der Waals surface area contributed by atoms with Crippen LogP contribution in [0.1, 0.15) is 38.5 Å². The fourth-order valence-electron chi connectivity index (χ4n) is 1.50. The van der Waals surface area contributed by atoms with Crippen LogP contribution in [0, 0.1) is 11.7 Å². The fraction of sp³-hybridized carbons (Fsp3) is 0.545. The number of aliphatic hydroxyl groups excluding tert-OH is 1. The lowest BCUT2D eigenvalue weighted by atomic mass is 9.96. The Morgan fingerprint density at radius 1 is 1.57 bits per heavy atom. The van der Waals surface area contributed by atoms with Gasteiger partial charge in [0.1, 0.15) is 17.6 Å². The first-order chi connectivity index (χ1) is 6.66. The molecule has 0 spiro atoms. The van der Waals surface area contributed by atoms with Crippen molar-refractivity contribution in [2.75, 3.05) is 0 Å². The van der Waals surface area contributed by atoms with E-state index in [9.17, 15) is 9.50 Å². The summed E-state index contributed by atoms with van der Waals surface area (Å²) < 4.78 is 13.2. The number of halogens is 1. The molecule has 3 heteroatoms. The monoisotopic (exact) mass is 197 g/mol. The van der Waals surface area contributed by atoms with Crippen LogP contribution < -0.4 is 0 Å². The Bertz CT molecular complexity index is 290. The second kappa shape index (κ2) is 5.05. The zero-order valence-corrected chi connectivity index (χ0v) is 8.57. The largest absolute Gasteiger partial charge is 0.386 e. The summed E-state index contributed by atoms with van der Waals surface area (Å²) in [6.07, 6.45) is 2.56. The molecule has 1 aromatic rings. The fourth-order valence-corrected chi connectivity index (χ4v) is 1.50. The van der Waals surface area contributed by atoms with Crippen molar-refractivity contribution in [1.82, 2.24) is 4.98 Å². The van der Waals surface area contributed by atoms with E-state index < -0.39 is 11.9 Å². The number of hydrogen-bond donors (Lipinski definition) is 1. The van der Waals surface area contributed by atoms with E-state index in [2.05, 4.69) is 4.98 Å². The minimum absolute atomic E-state index is 0.0457. The first-order valence-electron chi connectivity index (χ1n) is 4.95. The predicted molar refractivity (Wildman–Crippen MR) is 53.2 cm³/mol. The van der Waals surface area contributed by atoms with E-state index in [4.69, 9.17) is 0 Å². The Kier molecular flexibility index (Phi) is 4.01. The highest BCUT2D eigenvalue weighted by Gasteiger charge is 2.19. The van der Waals surface area contributed by atoms with Crippen LogP contribution in [0.3, 0.4) is 0 Å². The molecule has 1 N–H and O–H groups in total. The third kappa shape index (κ3) is 2.51. The van der Waals surface area contributed by atoms with E-state index in [1.54, 1.807) is 0 Å². The Labute approximate surface area is 83.8 Å². The van der Waals surface area contributed by atoms with Crippen LogP contribution in [-0.4, -0.2) is 10.1 Å². The molecular weight excluding hydrogens is 181 g/mol. The zero-order chi connectivity index (χ0) is 10.6. The van der Waals surface area contributed by atoms with E-state index in [1.165, 1.54) is 18.3 Å². The van der Waals surface area contributed by atoms with Crippen molar-refractivity contribution >= 4 is 0 Å². The maximum Gasteiger partial charge on any atom is 0.147 e. The molecule has 0 fully saturated rings. The molecule has 0 aliphatic heterocycles. The second-order valence-electron chi connectivity index (χ2n) is 3.58. The van der Waals surface area contributed by atoms with Gasteiger partial charge in [-0.3, -0.25) is 4.98 Å². The van der Waals surface area contributed by atoms with Crippen LogP contribution in [0.5, 0.6) is 0 Å². The van der Waals surface area contributed by atoms with Crippen LogP contribution in [0.4, 0.5) is 4.39 Å². The zero-order valence-electron chi connectivity index (χ0n) is 8.57. The maximum atomic E-state index is 13.2. The maximum absolute atomic E-state index is 13.2. The molecule has 0 saturated carbocycles. The number of aromatic nitrogens is 1. The van der Waals surface area contributed by atoms with E-state index in [-0.39, 0.29) is 11.6 Å². The van der Waals surface area contributed by atoms with Gasteiger partial charge in [-0.15, -0.1) is 0 Å². The van der Waals surface area contributed by atoms with Gasteiger partial charge < -0.3 is 5.11 Å². The van der Waals surface area contributed by atoms with Crippen molar-refractivity contribution < 1.29 is 9.50 Å². The van der Waals surface area contributed by atoms with Crippen molar-refractivity contribution in [3.05, 3.63) is 29.8 Å². The standard InChI is InChI=1S/C11H16FNO/c1-3-5-8(2)11(14)10-9(12)6-4-7-13-10/h4,6-8,11,14H,3,5H2,1-2H3. The van der Waals surface area contributed by atoms with E-state index >= 15 is 0 Å². The molecule has 0 aliphatic carbocycles. The van der Waals surface area contributed by atoms with Gasteiger partial charge in [0.25, 0.3) is 0 Å². The van der Waals surface area contributed by atoms with Crippen molar-refractivity contribution in [3.8, 4) is 0 Å². The molecule has 0 amide bonds. The SMILES string of the molecule is CCCC(C)C(O)c1ncccc1F. The number of aliphatic hydroxyl groups is 1. The lowest BCUT2D eigenvalue weighted by Crippen LogP contribution is -2.12. The van der Waals surface area contributed by atoms with Gasteiger partial charge in [0.15, 0.2) is 0 Å². The summed E-state index contributed by atoms with van der Waals surface area (Å²) in [5, 5.41) is 9.80. The average molecular weight is 197 g/mol. The van der Waals surface area contributed by atoms with Gasteiger partial charge in [-0.1, -0.05) is 20.3 Å². The molecule has 2 unspecified atom stereocenters. The number of pyridine rings is 1. The Morgan fingerprint density at radius 3 is 2.86 bits per heavy atom. The molecule has 2 atom stereocenters. The second-order valence-corrected chi connectivity index (χ2v) is 3.58. The molecule has 2 nitrogen and oxygen atoms in total. The van der Waals surface area contributed by atoms with Crippen LogP contribution >= 0.6 is 0 Å². The van der Waals surface area contributed by atoms with Crippen LogP contribution in [0.2, 0.25) is 0 Å². The van der Waals surface area contributed by atoms with Gasteiger partial charge in [-0.2, -0.15) is 0 Å². The lowest BCUT2D eigenvalue weighted by Gasteiger charge is -2.17. The summed E-state index contributed by atoms with van der Waals surface area (Å²) in [6, 6.07) is 2.85. The smallest absolute Gasteiger partial charge is 0.147 e. The molecule has 0 radical (unpaired) electrons. The van der Waals surface area contributed by atoms with Gasteiger partial charge in [0.05, 0.1) is 0 Å². The first-order valence-corrected chi connectivity index (χ1v) is 4.95. The molecule has 78 valence electrons. The lowest BCUT2D eigenvalue weighted by molar-refractivity contribution is 0.104. The van der Waals surface area contributed by atoms with Gasteiger partial charge in [-0.25, -0.2) is 4.39 Å². The van der Waals surface area contributed by atoms with Crippen molar-refractivity contribution in [2.45, 2.75) is 32.8 Å². The normalized spacial score (nSPS) is 15.1. The minimum Gasteiger partial charge on any atom is -0.386 e. The van der Waals surface area contributed by atoms with E-state index in [1.807, 2.05) is 13.8 Å². The first kappa shape index (κ1) is 11.1. The van der Waals surface area contributed by atoms with Gasteiger partial charge in [-0.05, 0) is 24.5 Å². The summed E-state index contributed by atoms with van der Waals surface area (Å²) in [5.41, 5.74) is 0.161. The third-order valence-corrected chi connectivity index (χ3v) is 2.35. The topological polar surface area (TPSA) is 33.1 Å². The van der Waals surface area contributed by atoms with Crippen molar-refractivity contribution in [1.29, 1.82) is 0 Å². The Balaban J connectivity index is 2.78. The molecule has 14 heavy (non-hydrogen) atoms. The number of nitrogens with zero attached hydrogens (tertiary/aromatic N) is 1. The Morgan fingerprint density at radius 2 is 2.29 bits per heavy atom. The van der Waals surface area contributed by atoms with Crippen LogP contribution in [0.15, 0.2) is 18.3 Å². The van der Waals surface area contributed by atoms with E-state index in [0.717, 1.165) is 12.8 Å². The van der Waals surface area contributed by atoms with Gasteiger partial charge in [0.2, 0.25) is 0 Å². The third-order valence-electron chi connectivity index (χ3n) is 2.35. The predicted octanol–water partition coefficient (Wildman–Crippen LogP) is 2.69. The summed E-state index contributed by atoms with van der Waals surface area (Å²) in [4.78, 5) is 3.86. The van der Waals surface area contributed by atoms with Gasteiger partial charge in [0, 0.05) is 6.20 Å². The molecular formula is C11H16FNO. The molecule has 0 bridgehead atoms. The summed E-state index contributed by atoms with van der Waals surface area (Å²) in [7, 11) is 0. The average Bonchev–Trinajstić information content (AvgIpc) is 2.18.